The van der Waals surface area contributed by atoms with E-state index < -0.39 is 0 Å². The highest BCUT2D eigenvalue weighted by Gasteiger charge is 2.51. The van der Waals surface area contributed by atoms with Crippen LogP contribution in [0.2, 0.25) is 0 Å². The number of hydrogen-bond acceptors (Lipinski definition) is 2. The molecule has 360 valence electrons. The minimum Gasteiger partial charge on any atom is -0.376 e. The second-order valence-electron chi connectivity index (χ2n) is 25.9. The zero-order valence-electron chi connectivity index (χ0n) is 44.7. The second-order valence-corrected chi connectivity index (χ2v) is 27.0. The summed E-state index contributed by atoms with van der Waals surface area (Å²) in [6.07, 6.45) is 2.33. The molecule has 0 spiro atoms. The van der Waals surface area contributed by atoms with Gasteiger partial charge in [-0.1, -0.05) is 186 Å². The van der Waals surface area contributed by atoms with Crippen molar-refractivity contribution in [2.45, 2.75) is 123 Å². The number of nitrogens with zero attached hydrogens (tertiary/aromatic N) is 2. The summed E-state index contributed by atoms with van der Waals surface area (Å²) in [5, 5.41) is 4.11. The molecule has 2 aliphatic carbocycles. The maximum absolute atomic E-state index is 2.79. The van der Waals surface area contributed by atoms with Gasteiger partial charge < -0.3 is 9.38 Å². The lowest BCUT2D eigenvalue weighted by atomic mass is 9.43. The Kier molecular flexibility index (Phi) is 9.12. The van der Waals surface area contributed by atoms with Gasteiger partial charge in [0.2, 0.25) is 0 Å². The van der Waals surface area contributed by atoms with Gasteiger partial charge in [0, 0.05) is 59.3 Å². The zero-order chi connectivity index (χ0) is 50.5. The summed E-state index contributed by atoms with van der Waals surface area (Å²) < 4.78 is 4.11. The summed E-state index contributed by atoms with van der Waals surface area (Å²) in [5.74, 6) is 0. The van der Waals surface area contributed by atoms with Crippen molar-refractivity contribution >= 4 is 72.4 Å². The molecule has 4 aliphatic rings. The van der Waals surface area contributed by atoms with Gasteiger partial charge in [-0.2, -0.15) is 0 Å². The van der Waals surface area contributed by atoms with E-state index in [1.807, 2.05) is 11.3 Å². The molecule has 2 aromatic heterocycles. The number of benzene rings is 8. The highest BCUT2D eigenvalue weighted by atomic mass is 32.1. The average molecular weight is 965 g/mol. The van der Waals surface area contributed by atoms with E-state index in [0.717, 1.165) is 6.42 Å². The molecule has 14 rings (SSSR count). The van der Waals surface area contributed by atoms with Gasteiger partial charge in [0.15, 0.2) is 0 Å². The third-order valence-corrected chi connectivity index (χ3v) is 19.3. The lowest BCUT2D eigenvalue weighted by molar-refractivity contribution is 0.332. The lowest BCUT2D eigenvalue weighted by Gasteiger charge is -2.44. The number of rotatable bonds is 3. The fourth-order valence-electron chi connectivity index (χ4n) is 14.1. The molecule has 0 amide bonds. The Balaban J connectivity index is 1.23. The summed E-state index contributed by atoms with van der Waals surface area (Å²) >= 11 is 1.95. The highest BCUT2D eigenvalue weighted by Crippen LogP contribution is 2.60. The van der Waals surface area contributed by atoms with Crippen molar-refractivity contribution < 1.29 is 0 Å². The van der Waals surface area contributed by atoms with Crippen molar-refractivity contribution in [2.24, 2.45) is 0 Å². The van der Waals surface area contributed by atoms with E-state index >= 15 is 0 Å². The number of anilines is 2. The van der Waals surface area contributed by atoms with Gasteiger partial charge in [0.1, 0.15) is 0 Å². The fraction of sp³-hybridized carbons (Fsp3) is 0.275. The van der Waals surface area contributed by atoms with Crippen LogP contribution in [0, 0.1) is 0 Å². The van der Waals surface area contributed by atoms with Crippen LogP contribution < -0.4 is 15.7 Å². The predicted octanol–water partition coefficient (Wildman–Crippen LogP) is 17.8. The molecule has 0 radical (unpaired) electrons. The summed E-state index contributed by atoms with van der Waals surface area (Å²) in [7, 11) is 0. The van der Waals surface area contributed by atoms with E-state index in [4.69, 9.17) is 0 Å². The Labute approximate surface area is 436 Å². The summed E-state index contributed by atoms with van der Waals surface area (Å²) in [4.78, 5) is 4.07. The molecule has 0 N–H and O–H groups in total. The molecule has 8 aromatic carbocycles. The van der Waals surface area contributed by atoms with Crippen molar-refractivity contribution in [1.29, 1.82) is 0 Å². The third kappa shape index (κ3) is 6.17. The SMILES string of the molecule is CC(C)(C)c1ccc(N2B3c4cc5sc(-c6ccccc6)c(-c6ccccc6)c5cc4-n4c5cc6c(cc5c5c7c(c(c3c54)-c3cc(C(C)(C)C)ccc32)C(C)(C)c2ccccc2-7)C(C)(C)CCC6(C)C)cc1. The first-order valence-electron chi connectivity index (χ1n) is 26.8. The standard InChI is InChI=1S/C69H65BN2S/c1-65(2,3)42-27-30-44(31-28-42)72-53-32-29-43(66(4,5)6)35-46(53)60-61-58(45-25-19-20-26-49(45)69(61,11)12)59-47-36-50-51(68(9,10)34-33-67(50,7)8)38-54(47)71-55-37-48-56(39-52(55)70(72)62(60)63(59)71)73-64(41-23-17-14-18-24-41)57(48)40-21-15-13-16-22-40/h13-32,35-39H,33-34H2,1-12H3. The fourth-order valence-corrected chi connectivity index (χ4v) is 15.3. The molecule has 0 unspecified atom stereocenters. The van der Waals surface area contributed by atoms with Gasteiger partial charge in [-0.25, -0.2) is 0 Å². The summed E-state index contributed by atoms with van der Waals surface area (Å²) in [6, 6.07) is 59.4. The van der Waals surface area contributed by atoms with E-state index in [2.05, 4.69) is 244 Å². The molecule has 2 aliphatic heterocycles. The first-order valence-corrected chi connectivity index (χ1v) is 27.7. The Bertz CT molecular complexity index is 4000. The van der Waals surface area contributed by atoms with E-state index in [-0.39, 0.29) is 33.9 Å². The van der Waals surface area contributed by atoms with Crippen LogP contribution in [0.4, 0.5) is 11.4 Å². The van der Waals surface area contributed by atoms with Crippen LogP contribution in [-0.4, -0.2) is 11.4 Å². The second kappa shape index (κ2) is 14.8. The van der Waals surface area contributed by atoms with Crippen molar-refractivity contribution in [3.05, 3.63) is 185 Å². The van der Waals surface area contributed by atoms with Crippen LogP contribution in [-0.2, 0) is 27.1 Å². The van der Waals surface area contributed by atoms with Crippen LogP contribution in [0.3, 0.4) is 0 Å². The topological polar surface area (TPSA) is 8.17 Å². The molecule has 0 saturated carbocycles. The monoisotopic (exact) mass is 964 g/mol. The highest BCUT2D eigenvalue weighted by molar-refractivity contribution is 7.23. The molecule has 0 saturated heterocycles. The minimum absolute atomic E-state index is 0.0260. The van der Waals surface area contributed by atoms with Crippen LogP contribution in [0.15, 0.2) is 152 Å². The summed E-state index contributed by atoms with van der Waals surface area (Å²) in [6.45, 7) is 29.0. The van der Waals surface area contributed by atoms with Gasteiger partial charge in [-0.15, -0.1) is 11.3 Å². The normalized spacial score (nSPS) is 16.7. The van der Waals surface area contributed by atoms with Crippen molar-refractivity contribution in [1.82, 2.24) is 4.57 Å². The molecule has 73 heavy (non-hydrogen) atoms. The van der Waals surface area contributed by atoms with Crippen molar-refractivity contribution in [2.75, 3.05) is 4.81 Å². The molecule has 10 aromatic rings. The predicted molar refractivity (Wildman–Crippen MR) is 316 cm³/mol. The maximum Gasteiger partial charge on any atom is 0.333 e. The third-order valence-electron chi connectivity index (χ3n) is 18.1. The average Bonchev–Trinajstić information content (AvgIpc) is 4.00. The summed E-state index contributed by atoms with van der Waals surface area (Å²) in [5.41, 5.74) is 27.1. The van der Waals surface area contributed by atoms with E-state index in [1.165, 1.54) is 144 Å². The Morgan fingerprint density at radius 2 is 1.14 bits per heavy atom. The Morgan fingerprint density at radius 1 is 0.521 bits per heavy atom. The molecular formula is C69H65BN2S. The van der Waals surface area contributed by atoms with E-state index in [0.29, 0.717) is 0 Å². The van der Waals surface area contributed by atoms with Crippen LogP contribution in [0.25, 0.3) is 81.4 Å². The maximum atomic E-state index is 2.79. The van der Waals surface area contributed by atoms with Crippen LogP contribution in [0.5, 0.6) is 0 Å². The Morgan fingerprint density at radius 3 is 1.81 bits per heavy atom. The molecule has 4 heterocycles. The van der Waals surface area contributed by atoms with Crippen LogP contribution >= 0.6 is 11.3 Å². The first-order chi connectivity index (χ1) is 34.7. The number of fused-ring (bicyclic) bond motifs is 15. The van der Waals surface area contributed by atoms with Gasteiger partial charge in [0.05, 0.1) is 11.0 Å². The molecule has 0 fully saturated rings. The smallest absolute Gasteiger partial charge is 0.333 e. The molecule has 4 heteroatoms. The van der Waals surface area contributed by atoms with Crippen molar-refractivity contribution in [3.63, 3.8) is 0 Å². The number of hydrogen-bond donors (Lipinski definition) is 0. The van der Waals surface area contributed by atoms with E-state index in [1.54, 1.807) is 0 Å². The van der Waals surface area contributed by atoms with Gasteiger partial charge >= 0.3 is 6.85 Å². The molecule has 2 nitrogen and oxygen atoms in total. The Hall–Kier alpha value is -6.62. The van der Waals surface area contributed by atoms with Gasteiger partial charge in [0.25, 0.3) is 0 Å². The van der Waals surface area contributed by atoms with Gasteiger partial charge in [-0.05, 0) is 155 Å². The van der Waals surface area contributed by atoms with Crippen LogP contribution in [0.1, 0.15) is 129 Å². The minimum atomic E-state index is -0.265. The number of thiophene rings is 1. The lowest BCUT2D eigenvalue weighted by Crippen LogP contribution is -2.61. The largest absolute Gasteiger partial charge is 0.376 e. The molecular weight excluding hydrogens is 900 g/mol. The quantitative estimate of drug-likeness (QED) is 0.160. The van der Waals surface area contributed by atoms with Crippen molar-refractivity contribution in [3.8, 4) is 49.5 Å². The number of aromatic nitrogens is 1. The zero-order valence-corrected chi connectivity index (χ0v) is 45.5. The first kappa shape index (κ1) is 45.0. The molecule has 0 bridgehead atoms. The van der Waals surface area contributed by atoms with Gasteiger partial charge in [-0.3, -0.25) is 0 Å². The molecule has 0 atom stereocenters. The van der Waals surface area contributed by atoms with E-state index in [9.17, 15) is 0 Å².